The van der Waals surface area contributed by atoms with Gasteiger partial charge in [0.25, 0.3) is 5.91 Å². The standard InChI is InChI=1S/C21H22N2O4S2/c1-22(2)14-6-8-15(9-7-14)23-20(24)19(29-21(23)28)11-13-10-17(26-4)18(27-5)12-16(13)25-3/h6-12H,1-5H3. The lowest BCUT2D eigenvalue weighted by molar-refractivity contribution is -0.113. The summed E-state index contributed by atoms with van der Waals surface area (Å²) in [5.74, 6) is 1.50. The van der Waals surface area contributed by atoms with Crippen LogP contribution in [-0.2, 0) is 4.79 Å². The second-order valence-corrected chi connectivity index (χ2v) is 8.05. The molecule has 6 nitrogen and oxygen atoms in total. The fourth-order valence-electron chi connectivity index (χ4n) is 2.90. The van der Waals surface area contributed by atoms with E-state index in [1.807, 2.05) is 43.3 Å². The van der Waals surface area contributed by atoms with Gasteiger partial charge in [0, 0.05) is 31.4 Å². The van der Waals surface area contributed by atoms with Crippen molar-refractivity contribution in [1.29, 1.82) is 0 Å². The first-order valence-corrected chi connectivity index (χ1v) is 9.97. The molecule has 0 saturated carbocycles. The molecular weight excluding hydrogens is 408 g/mol. The number of hydrogen-bond acceptors (Lipinski definition) is 7. The Balaban J connectivity index is 1.96. The Labute approximate surface area is 180 Å². The van der Waals surface area contributed by atoms with Gasteiger partial charge < -0.3 is 19.1 Å². The van der Waals surface area contributed by atoms with Gasteiger partial charge in [0.05, 0.1) is 31.9 Å². The van der Waals surface area contributed by atoms with Crippen LogP contribution in [0.3, 0.4) is 0 Å². The second kappa shape index (κ2) is 8.75. The average Bonchev–Trinajstić information content (AvgIpc) is 3.00. The Bertz CT molecular complexity index is 971. The zero-order valence-electron chi connectivity index (χ0n) is 16.9. The third-order valence-corrected chi connectivity index (χ3v) is 5.74. The number of thiocarbonyl (C=S) groups is 1. The summed E-state index contributed by atoms with van der Waals surface area (Å²) in [7, 11) is 8.62. The topological polar surface area (TPSA) is 51.2 Å². The Morgan fingerprint density at radius 1 is 0.966 bits per heavy atom. The van der Waals surface area contributed by atoms with E-state index in [-0.39, 0.29) is 5.91 Å². The van der Waals surface area contributed by atoms with E-state index in [1.165, 1.54) is 11.8 Å². The highest BCUT2D eigenvalue weighted by Crippen LogP contribution is 2.40. The molecule has 1 amide bonds. The van der Waals surface area contributed by atoms with Crippen LogP contribution in [0.15, 0.2) is 41.3 Å². The van der Waals surface area contributed by atoms with E-state index in [2.05, 4.69) is 0 Å². The predicted molar refractivity (Wildman–Crippen MR) is 123 cm³/mol. The Kier molecular flexibility index (Phi) is 6.34. The van der Waals surface area contributed by atoms with E-state index >= 15 is 0 Å². The van der Waals surface area contributed by atoms with Crippen molar-refractivity contribution >= 4 is 51.7 Å². The van der Waals surface area contributed by atoms with Crippen molar-refractivity contribution in [3.05, 3.63) is 46.9 Å². The van der Waals surface area contributed by atoms with Crippen molar-refractivity contribution in [2.45, 2.75) is 0 Å². The van der Waals surface area contributed by atoms with Crippen LogP contribution < -0.4 is 24.0 Å². The number of carbonyl (C=O) groups excluding carboxylic acids is 1. The second-order valence-electron chi connectivity index (χ2n) is 6.38. The molecule has 152 valence electrons. The van der Waals surface area contributed by atoms with Crippen LogP contribution in [-0.4, -0.2) is 45.7 Å². The van der Waals surface area contributed by atoms with Crippen LogP contribution in [0.4, 0.5) is 11.4 Å². The van der Waals surface area contributed by atoms with E-state index < -0.39 is 0 Å². The molecule has 1 aliphatic heterocycles. The number of ether oxygens (including phenoxy) is 3. The zero-order chi connectivity index (χ0) is 21.1. The summed E-state index contributed by atoms with van der Waals surface area (Å²) in [6.07, 6.45) is 1.76. The van der Waals surface area contributed by atoms with Gasteiger partial charge in [-0.2, -0.15) is 0 Å². The molecule has 0 atom stereocenters. The van der Waals surface area contributed by atoms with Crippen molar-refractivity contribution in [3.63, 3.8) is 0 Å². The SMILES string of the molecule is COc1cc(OC)c(OC)cc1C=C1SC(=S)N(c2ccc(N(C)C)cc2)C1=O. The van der Waals surface area contributed by atoms with Crippen LogP contribution in [0.5, 0.6) is 17.2 Å². The van der Waals surface area contributed by atoms with E-state index in [0.29, 0.717) is 32.0 Å². The van der Waals surface area contributed by atoms with Gasteiger partial charge in [-0.3, -0.25) is 9.69 Å². The lowest BCUT2D eigenvalue weighted by Crippen LogP contribution is -2.27. The summed E-state index contributed by atoms with van der Waals surface area (Å²) in [5, 5.41) is 0. The zero-order valence-corrected chi connectivity index (χ0v) is 18.5. The minimum Gasteiger partial charge on any atom is -0.496 e. The normalized spacial score (nSPS) is 15.1. The lowest BCUT2D eigenvalue weighted by atomic mass is 10.1. The summed E-state index contributed by atoms with van der Waals surface area (Å²) in [4.78, 5) is 17.1. The maximum absolute atomic E-state index is 13.1. The van der Waals surface area contributed by atoms with Gasteiger partial charge in [-0.15, -0.1) is 0 Å². The summed E-state index contributed by atoms with van der Waals surface area (Å²) in [5.41, 5.74) is 2.49. The third kappa shape index (κ3) is 4.18. The van der Waals surface area contributed by atoms with E-state index in [4.69, 9.17) is 26.4 Å². The highest BCUT2D eigenvalue weighted by atomic mass is 32.2. The van der Waals surface area contributed by atoms with Gasteiger partial charge in [0.2, 0.25) is 0 Å². The number of methoxy groups -OCH3 is 3. The fraction of sp³-hybridized carbons (Fsp3) is 0.238. The lowest BCUT2D eigenvalue weighted by Gasteiger charge is -2.17. The van der Waals surface area contributed by atoms with E-state index in [9.17, 15) is 4.79 Å². The number of carbonyl (C=O) groups is 1. The number of hydrogen-bond donors (Lipinski definition) is 0. The number of amides is 1. The minimum absolute atomic E-state index is 0.172. The molecule has 8 heteroatoms. The molecule has 2 aromatic rings. The number of rotatable bonds is 6. The van der Waals surface area contributed by atoms with Crippen molar-refractivity contribution in [3.8, 4) is 17.2 Å². The summed E-state index contributed by atoms with van der Waals surface area (Å²) in [6.45, 7) is 0. The van der Waals surface area contributed by atoms with Crippen LogP contribution in [0.1, 0.15) is 5.56 Å². The molecule has 0 aliphatic carbocycles. The van der Waals surface area contributed by atoms with Gasteiger partial charge in [0.1, 0.15) is 5.75 Å². The van der Waals surface area contributed by atoms with Crippen LogP contribution >= 0.6 is 24.0 Å². The Morgan fingerprint density at radius 3 is 2.10 bits per heavy atom. The molecule has 0 bridgehead atoms. The average molecular weight is 431 g/mol. The number of thioether (sulfide) groups is 1. The molecule has 1 aliphatic rings. The fourth-order valence-corrected chi connectivity index (χ4v) is 4.19. The molecule has 0 radical (unpaired) electrons. The minimum atomic E-state index is -0.172. The Hall–Kier alpha value is -2.71. The molecule has 2 aromatic carbocycles. The largest absolute Gasteiger partial charge is 0.496 e. The molecular formula is C21H22N2O4S2. The molecule has 0 unspecified atom stereocenters. The number of benzene rings is 2. The third-order valence-electron chi connectivity index (χ3n) is 4.44. The number of anilines is 2. The van der Waals surface area contributed by atoms with Crippen molar-refractivity contribution in [2.75, 3.05) is 45.2 Å². The molecule has 0 aromatic heterocycles. The molecule has 3 rings (SSSR count). The highest BCUT2D eigenvalue weighted by Gasteiger charge is 2.33. The van der Waals surface area contributed by atoms with Crippen molar-refractivity contribution in [2.24, 2.45) is 0 Å². The first-order valence-electron chi connectivity index (χ1n) is 8.75. The van der Waals surface area contributed by atoms with Crippen LogP contribution in [0.2, 0.25) is 0 Å². The van der Waals surface area contributed by atoms with Gasteiger partial charge >= 0.3 is 0 Å². The first-order chi connectivity index (χ1) is 13.9. The highest BCUT2D eigenvalue weighted by molar-refractivity contribution is 8.27. The van der Waals surface area contributed by atoms with Gasteiger partial charge in [-0.25, -0.2) is 0 Å². The molecule has 1 fully saturated rings. The van der Waals surface area contributed by atoms with Crippen LogP contribution in [0.25, 0.3) is 6.08 Å². The molecule has 1 heterocycles. The monoisotopic (exact) mass is 430 g/mol. The quantitative estimate of drug-likeness (QED) is 0.503. The first kappa shape index (κ1) is 21.0. The summed E-state index contributed by atoms with van der Waals surface area (Å²) in [6, 6.07) is 11.2. The Morgan fingerprint density at radius 2 is 1.55 bits per heavy atom. The molecule has 29 heavy (non-hydrogen) atoms. The van der Waals surface area contributed by atoms with Crippen LogP contribution in [0, 0.1) is 0 Å². The predicted octanol–water partition coefficient (Wildman–Crippen LogP) is 4.18. The van der Waals surface area contributed by atoms with Gasteiger partial charge in [0.15, 0.2) is 15.8 Å². The smallest absolute Gasteiger partial charge is 0.270 e. The summed E-state index contributed by atoms with van der Waals surface area (Å²) < 4.78 is 16.6. The number of nitrogens with zero attached hydrogens (tertiary/aromatic N) is 2. The van der Waals surface area contributed by atoms with Crippen molar-refractivity contribution < 1.29 is 19.0 Å². The maximum Gasteiger partial charge on any atom is 0.270 e. The maximum atomic E-state index is 13.1. The van der Waals surface area contributed by atoms with E-state index in [1.54, 1.807) is 44.4 Å². The van der Waals surface area contributed by atoms with Gasteiger partial charge in [-0.1, -0.05) is 24.0 Å². The molecule has 0 spiro atoms. The van der Waals surface area contributed by atoms with E-state index in [0.717, 1.165) is 11.4 Å². The van der Waals surface area contributed by atoms with Gasteiger partial charge in [-0.05, 0) is 36.4 Å². The summed E-state index contributed by atoms with van der Waals surface area (Å²) >= 11 is 6.72. The molecule has 1 saturated heterocycles. The molecule has 0 N–H and O–H groups in total. The van der Waals surface area contributed by atoms with Crippen molar-refractivity contribution in [1.82, 2.24) is 0 Å².